The number of carbonyl (C=O) groups is 3. The van der Waals surface area contributed by atoms with Crippen LogP contribution in [0.5, 0.6) is 11.5 Å². The van der Waals surface area contributed by atoms with Gasteiger partial charge in [-0.05, 0) is 54.8 Å². The van der Waals surface area contributed by atoms with Gasteiger partial charge in [-0.1, -0.05) is 68.5 Å². The molecule has 10 N–H and O–H groups in total. The first-order valence-electron chi connectivity index (χ1n) is 14.7. The fraction of sp³-hybridized carbons (Fsp3) is 0.375. The van der Waals surface area contributed by atoms with E-state index < -0.39 is 29.8 Å². The van der Waals surface area contributed by atoms with Crippen LogP contribution in [0.1, 0.15) is 61.7 Å². The highest BCUT2D eigenvalue weighted by atomic mass is 16.5. The predicted octanol–water partition coefficient (Wildman–Crippen LogP) is 3.51. The van der Waals surface area contributed by atoms with Crippen LogP contribution in [0.15, 0.2) is 65.7 Å². The molecule has 43 heavy (non-hydrogen) atoms. The maximum absolute atomic E-state index is 13.8. The van der Waals surface area contributed by atoms with Gasteiger partial charge in [0.25, 0.3) is 0 Å². The molecule has 3 amide bonds. The number of aliphatic imine (C=N–C) groups is 1. The summed E-state index contributed by atoms with van der Waals surface area (Å²) in [6, 6.07) is 16.3. The van der Waals surface area contributed by atoms with Crippen LogP contribution in [-0.4, -0.2) is 42.3 Å². The van der Waals surface area contributed by atoms with Crippen molar-refractivity contribution in [3.8, 4) is 11.5 Å². The lowest BCUT2D eigenvalue weighted by atomic mass is 9.84. The topological polar surface area (TPSA) is 201 Å². The van der Waals surface area contributed by atoms with Crippen LogP contribution in [0.2, 0.25) is 0 Å². The largest absolute Gasteiger partial charge is 0.455 e. The standard InChI is InChI=1S/C32H41N7O4/c33-24(13-7-17-37-32(35)36)30(41)39-26(18-20-8-2-1-3-9-20)31(42)38-25-16-15-22(29(34)40)19-28(25)43-27-14-6-11-21-10-4-5-12-23(21)27/h4-6,10-12,14-16,19-20,24,26H,1-3,7-9,13,17-18,33H2,(H2,34,40)(H,38,42)(H,39,41)(H4,35,36,37)/t24-,26-/m0/s1. The Hall–Kier alpha value is -4.64. The molecule has 0 saturated heterocycles. The van der Waals surface area contributed by atoms with Crippen LogP contribution in [0.3, 0.4) is 0 Å². The van der Waals surface area contributed by atoms with Crippen LogP contribution in [0.4, 0.5) is 5.69 Å². The van der Waals surface area contributed by atoms with E-state index in [1.165, 1.54) is 18.6 Å². The third-order valence-electron chi connectivity index (χ3n) is 7.72. The van der Waals surface area contributed by atoms with Gasteiger partial charge in [-0.25, -0.2) is 0 Å². The molecule has 1 aliphatic carbocycles. The van der Waals surface area contributed by atoms with Crippen molar-refractivity contribution >= 4 is 40.1 Å². The minimum absolute atomic E-state index is 0.0186. The SMILES string of the molecule is NC(=O)c1ccc(NC(=O)[C@H](CC2CCCCC2)NC(=O)[C@@H](N)CCCN=C(N)N)c(Oc2cccc3ccccc23)c1. The van der Waals surface area contributed by atoms with Gasteiger partial charge in [0.15, 0.2) is 11.7 Å². The lowest BCUT2D eigenvalue weighted by molar-refractivity contribution is -0.127. The van der Waals surface area contributed by atoms with Gasteiger partial charge in [0, 0.05) is 17.5 Å². The monoisotopic (exact) mass is 587 g/mol. The lowest BCUT2D eigenvalue weighted by Gasteiger charge is -2.27. The molecular formula is C32H41N7O4. The number of carbonyl (C=O) groups excluding carboxylic acids is 3. The molecule has 3 aromatic rings. The first-order valence-corrected chi connectivity index (χ1v) is 14.7. The molecule has 0 bridgehead atoms. The van der Waals surface area contributed by atoms with Crippen LogP contribution in [0, 0.1) is 5.92 Å². The summed E-state index contributed by atoms with van der Waals surface area (Å²) in [5, 5.41) is 7.64. The van der Waals surface area contributed by atoms with Gasteiger partial charge in [0.2, 0.25) is 17.7 Å². The zero-order valence-electron chi connectivity index (χ0n) is 24.3. The summed E-state index contributed by atoms with van der Waals surface area (Å²) in [4.78, 5) is 42.7. The summed E-state index contributed by atoms with van der Waals surface area (Å²) in [5.41, 5.74) is 23.0. The first-order chi connectivity index (χ1) is 20.7. The summed E-state index contributed by atoms with van der Waals surface area (Å²) in [6.07, 6.45) is 6.70. The summed E-state index contributed by atoms with van der Waals surface area (Å²) < 4.78 is 6.28. The van der Waals surface area contributed by atoms with E-state index >= 15 is 0 Å². The molecule has 2 atom stereocenters. The second kappa shape index (κ2) is 15.0. The molecule has 11 nitrogen and oxygen atoms in total. The molecule has 3 aromatic carbocycles. The molecule has 1 aliphatic rings. The first kappa shape index (κ1) is 31.3. The highest BCUT2D eigenvalue weighted by Crippen LogP contribution is 2.35. The molecule has 0 radical (unpaired) electrons. The van der Waals surface area contributed by atoms with Crippen molar-refractivity contribution in [2.75, 3.05) is 11.9 Å². The molecule has 11 heteroatoms. The van der Waals surface area contributed by atoms with Crippen molar-refractivity contribution in [2.45, 2.75) is 63.5 Å². The van der Waals surface area contributed by atoms with Crippen LogP contribution in [0.25, 0.3) is 10.8 Å². The maximum Gasteiger partial charge on any atom is 0.248 e. The molecule has 228 valence electrons. The van der Waals surface area contributed by atoms with Gasteiger partial charge in [0.05, 0.1) is 11.7 Å². The van der Waals surface area contributed by atoms with Crippen LogP contribution < -0.4 is 38.3 Å². The summed E-state index contributed by atoms with van der Waals surface area (Å²) >= 11 is 0. The fourth-order valence-corrected chi connectivity index (χ4v) is 5.40. The van der Waals surface area contributed by atoms with Gasteiger partial charge in [-0.2, -0.15) is 0 Å². The average Bonchev–Trinajstić information content (AvgIpc) is 3.00. The number of hydrogen-bond acceptors (Lipinski definition) is 6. The average molecular weight is 588 g/mol. The number of amides is 3. The highest BCUT2D eigenvalue weighted by Gasteiger charge is 2.28. The molecule has 0 aromatic heterocycles. The van der Waals surface area contributed by atoms with Gasteiger partial charge in [-0.3, -0.25) is 19.4 Å². The second-order valence-electron chi connectivity index (χ2n) is 11.0. The summed E-state index contributed by atoms with van der Waals surface area (Å²) in [7, 11) is 0. The zero-order chi connectivity index (χ0) is 30.8. The number of nitrogens with one attached hydrogen (secondary N) is 2. The van der Waals surface area contributed by atoms with Crippen molar-refractivity contribution in [1.29, 1.82) is 0 Å². The van der Waals surface area contributed by atoms with Crippen LogP contribution in [-0.2, 0) is 9.59 Å². The zero-order valence-corrected chi connectivity index (χ0v) is 24.3. The van der Waals surface area contributed by atoms with E-state index in [9.17, 15) is 14.4 Å². The number of ether oxygens (including phenoxy) is 1. The van der Waals surface area contributed by atoms with E-state index in [-0.39, 0.29) is 17.3 Å². The molecule has 1 saturated carbocycles. The van der Waals surface area contributed by atoms with Gasteiger partial charge in [0.1, 0.15) is 11.8 Å². The fourth-order valence-electron chi connectivity index (χ4n) is 5.40. The summed E-state index contributed by atoms with van der Waals surface area (Å²) in [5.74, 6) is -0.370. The number of guanidine groups is 1. The molecule has 0 spiro atoms. The second-order valence-corrected chi connectivity index (χ2v) is 11.0. The van der Waals surface area contributed by atoms with Crippen molar-refractivity contribution in [2.24, 2.45) is 33.8 Å². The predicted molar refractivity (Wildman–Crippen MR) is 169 cm³/mol. The van der Waals surface area contributed by atoms with Crippen molar-refractivity contribution < 1.29 is 19.1 Å². The van der Waals surface area contributed by atoms with Gasteiger partial charge < -0.3 is 38.3 Å². The molecule has 0 heterocycles. The number of primary amides is 1. The third-order valence-corrected chi connectivity index (χ3v) is 7.72. The lowest BCUT2D eigenvalue weighted by Crippen LogP contribution is -2.50. The Morgan fingerprint density at radius 2 is 1.65 bits per heavy atom. The van der Waals surface area contributed by atoms with Gasteiger partial charge in [-0.15, -0.1) is 0 Å². The molecule has 0 aliphatic heterocycles. The molecule has 1 fully saturated rings. The highest BCUT2D eigenvalue weighted by molar-refractivity contribution is 6.00. The van der Waals surface area contributed by atoms with E-state index in [4.69, 9.17) is 27.7 Å². The minimum atomic E-state index is -0.823. The number of nitrogens with zero attached hydrogens (tertiary/aromatic N) is 1. The quantitative estimate of drug-likeness (QED) is 0.0997. The Bertz CT molecular complexity index is 1460. The van der Waals surface area contributed by atoms with Crippen molar-refractivity contribution in [3.05, 3.63) is 66.2 Å². The van der Waals surface area contributed by atoms with Crippen LogP contribution >= 0.6 is 0 Å². The van der Waals surface area contributed by atoms with Crippen molar-refractivity contribution in [3.63, 3.8) is 0 Å². The van der Waals surface area contributed by atoms with Crippen molar-refractivity contribution in [1.82, 2.24) is 5.32 Å². The maximum atomic E-state index is 13.8. The van der Waals surface area contributed by atoms with E-state index in [0.29, 0.717) is 43.2 Å². The minimum Gasteiger partial charge on any atom is -0.455 e. The number of fused-ring (bicyclic) bond motifs is 1. The van der Waals surface area contributed by atoms with E-state index in [0.717, 1.165) is 36.5 Å². The van der Waals surface area contributed by atoms with E-state index in [1.807, 2.05) is 42.5 Å². The van der Waals surface area contributed by atoms with Gasteiger partial charge >= 0.3 is 0 Å². The Labute approximate surface area is 251 Å². The number of benzene rings is 3. The Morgan fingerprint density at radius 3 is 2.40 bits per heavy atom. The van der Waals surface area contributed by atoms with E-state index in [2.05, 4.69) is 15.6 Å². The Kier molecular flexibility index (Phi) is 10.9. The Balaban J connectivity index is 1.55. The number of hydrogen-bond donors (Lipinski definition) is 6. The van der Waals surface area contributed by atoms with E-state index in [1.54, 1.807) is 6.07 Å². The number of anilines is 1. The number of rotatable bonds is 13. The molecular weight excluding hydrogens is 546 g/mol. The third kappa shape index (κ3) is 8.92. The Morgan fingerprint density at radius 1 is 0.907 bits per heavy atom. The molecule has 0 unspecified atom stereocenters. The summed E-state index contributed by atoms with van der Waals surface area (Å²) in [6.45, 7) is 0.357. The smallest absolute Gasteiger partial charge is 0.248 e. The number of nitrogens with two attached hydrogens (primary N) is 4. The normalized spacial score (nSPS) is 14.8. The molecule has 4 rings (SSSR count).